The fourth-order valence-corrected chi connectivity index (χ4v) is 3.34. The number of nitrogens with zero attached hydrogens (tertiary/aromatic N) is 3. The van der Waals surface area contributed by atoms with Crippen molar-refractivity contribution in [1.82, 2.24) is 14.9 Å². The first kappa shape index (κ1) is 18.7. The minimum Gasteiger partial charge on any atom is -0.452 e. The molecule has 0 bridgehead atoms. The Morgan fingerprint density at radius 3 is 2.34 bits per heavy atom. The molecule has 1 aliphatic heterocycles. The van der Waals surface area contributed by atoms with Crippen LogP contribution in [0.15, 0.2) is 67.0 Å². The predicted molar refractivity (Wildman–Crippen MR) is 110 cm³/mol. The summed E-state index contributed by atoms with van der Waals surface area (Å²) in [6.07, 6.45) is 3.41. The first-order valence-corrected chi connectivity index (χ1v) is 9.55. The van der Waals surface area contributed by atoms with E-state index in [-0.39, 0.29) is 12.5 Å². The number of hydrogen-bond acceptors (Lipinski definition) is 5. The molecule has 7 heteroatoms. The van der Waals surface area contributed by atoms with Crippen LogP contribution < -0.4 is 4.90 Å². The van der Waals surface area contributed by atoms with Crippen molar-refractivity contribution in [3.8, 4) is 11.4 Å². The fraction of sp³-hybridized carbons (Fsp3) is 0.227. The number of benzene rings is 2. The molecule has 7 nitrogen and oxygen atoms in total. The van der Waals surface area contributed by atoms with E-state index in [1.54, 1.807) is 41.6 Å². The summed E-state index contributed by atoms with van der Waals surface area (Å²) in [5, 5.41) is 0. The highest BCUT2D eigenvalue weighted by molar-refractivity contribution is 5.91. The monoisotopic (exact) mass is 390 g/mol. The molecule has 29 heavy (non-hydrogen) atoms. The van der Waals surface area contributed by atoms with Gasteiger partial charge >= 0.3 is 5.97 Å². The van der Waals surface area contributed by atoms with Gasteiger partial charge in [0.1, 0.15) is 5.82 Å². The average Bonchev–Trinajstić information content (AvgIpc) is 3.33. The van der Waals surface area contributed by atoms with E-state index in [0.717, 1.165) is 30.2 Å². The second kappa shape index (κ2) is 8.60. The number of para-hydroxylation sites is 1. The molecule has 1 amide bonds. The molecule has 3 aromatic rings. The van der Waals surface area contributed by atoms with Crippen LogP contribution in [0, 0.1) is 0 Å². The quantitative estimate of drug-likeness (QED) is 0.678. The lowest BCUT2D eigenvalue weighted by Gasteiger charge is -2.36. The molecular weight excluding hydrogens is 368 g/mol. The van der Waals surface area contributed by atoms with Gasteiger partial charge in [-0.25, -0.2) is 9.78 Å². The van der Waals surface area contributed by atoms with Crippen molar-refractivity contribution in [2.75, 3.05) is 37.7 Å². The number of anilines is 1. The van der Waals surface area contributed by atoms with Crippen molar-refractivity contribution < 1.29 is 14.3 Å². The third-order valence-corrected chi connectivity index (χ3v) is 4.97. The summed E-state index contributed by atoms with van der Waals surface area (Å²) in [6.45, 7) is 2.51. The molecule has 0 spiro atoms. The number of piperazine rings is 1. The van der Waals surface area contributed by atoms with Gasteiger partial charge in [-0.15, -0.1) is 0 Å². The summed E-state index contributed by atoms with van der Waals surface area (Å²) in [6, 6.07) is 17.1. The number of nitrogens with one attached hydrogen (secondary N) is 1. The van der Waals surface area contributed by atoms with E-state index < -0.39 is 5.97 Å². The molecule has 0 atom stereocenters. The minimum absolute atomic E-state index is 0.168. The van der Waals surface area contributed by atoms with Gasteiger partial charge in [0.05, 0.1) is 5.56 Å². The molecule has 2 aromatic carbocycles. The Morgan fingerprint density at radius 2 is 1.69 bits per heavy atom. The van der Waals surface area contributed by atoms with Gasteiger partial charge in [0.15, 0.2) is 6.61 Å². The lowest BCUT2D eigenvalue weighted by Crippen LogP contribution is -2.49. The predicted octanol–water partition coefficient (Wildman–Crippen LogP) is 2.58. The number of rotatable bonds is 5. The standard InChI is InChI=1S/C22H22N4O3/c27-20(26-14-12-25(13-15-26)19-4-2-1-3-5-19)16-29-22(28)18-8-6-17(7-9-18)21-23-10-11-24-21/h1-11H,12-16H2,(H,23,24). The van der Waals surface area contributed by atoms with Crippen molar-refractivity contribution in [2.45, 2.75) is 0 Å². The van der Waals surface area contributed by atoms with E-state index in [0.29, 0.717) is 18.7 Å². The fourth-order valence-electron chi connectivity index (χ4n) is 3.34. The van der Waals surface area contributed by atoms with Crippen molar-refractivity contribution in [3.63, 3.8) is 0 Å². The summed E-state index contributed by atoms with van der Waals surface area (Å²) in [4.78, 5) is 35.8. The third kappa shape index (κ3) is 4.45. The normalized spacial score (nSPS) is 13.9. The largest absolute Gasteiger partial charge is 0.452 e. The van der Waals surface area contributed by atoms with Gasteiger partial charge in [-0.2, -0.15) is 0 Å². The smallest absolute Gasteiger partial charge is 0.338 e. The van der Waals surface area contributed by atoms with Crippen LogP contribution in [0.4, 0.5) is 5.69 Å². The van der Waals surface area contributed by atoms with Crippen molar-refractivity contribution in [3.05, 3.63) is 72.6 Å². The average molecular weight is 390 g/mol. The van der Waals surface area contributed by atoms with E-state index >= 15 is 0 Å². The third-order valence-electron chi connectivity index (χ3n) is 4.97. The zero-order chi connectivity index (χ0) is 20.1. The van der Waals surface area contributed by atoms with Gasteiger partial charge in [-0.05, 0) is 24.3 Å². The maximum Gasteiger partial charge on any atom is 0.338 e. The molecule has 1 saturated heterocycles. The highest BCUT2D eigenvalue weighted by atomic mass is 16.5. The molecule has 0 aliphatic carbocycles. The van der Waals surface area contributed by atoms with Crippen molar-refractivity contribution >= 4 is 17.6 Å². The Labute approximate surface area is 168 Å². The number of H-pyrrole nitrogens is 1. The Morgan fingerprint density at radius 1 is 0.966 bits per heavy atom. The van der Waals surface area contributed by atoms with Gasteiger partial charge in [-0.1, -0.05) is 30.3 Å². The van der Waals surface area contributed by atoms with Crippen LogP contribution in [0.5, 0.6) is 0 Å². The minimum atomic E-state index is -0.507. The Hall–Kier alpha value is -3.61. The number of hydrogen-bond donors (Lipinski definition) is 1. The van der Waals surface area contributed by atoms with Crippen molar-refractivity contribution in [2.24, 2.45) is 0 Å². The van der Waals surface area contributed by atoms with Crippen LogP contribution >= 0.6 is 0 Å². The Bertz CT molecular complexity index is 947. The molecule has 1 N–H and O–H groups in total. The zero-order valence-corrected chi connectivity index (χ0v) is 16.0. The van der Waals surface area contributed by atoms with E-state index in [9.17, 15) is 9.59 Å². The second-order valence-corrected chi connectivity index (χ2v) is 6.79. The zero-order valence-electron chi connectivity index (χ0n) is 16.0. The van der Waals surface area contributed by atoms with Gasteiger partial charge in [-0.3, -0.25) is 4.79 Å². The van der Waals surface area contributed by atoms with Crippen LogP contribution in [0.2, 0.25) is 0 Å². The molecular formula is C22H22N4O3. The summed E-state index contributed by atoms with van der Waals surface area (Å²) in [5.74, 6) is 0.0558. The number of aromatic amines is 1. The Balaban J connectivity index is 1.26. The van der Waals surface area contributed by atoms with Crippen LogP contribution in [0.3, 0.4) is 0 Å². The number of amides is 1. The number of carbonyl (C=O) groups excluding carboxylic acids is 2. The maximum absolute atomic E-state index is 12.4. The Kier molecular flexibility index (Phi) is 5.56. The highest BCUT2D eigenvalue weighted by Crippen LogP contribution is 2.17. The molecule has 2 heterocycles. The molecule has 148 valence electrons. The maximum atomic E-state index is 12.4. The molecule has 1 fully saturated rings. The van der Waals surface area contributed by atoms with Crippen LogP contribution in [-0.4, -0.2) is 59.5 Å². The van der Waals surface area contributed by atoms with E-state index in [2.05, 4.69) is 27.0 Å². The van der Waals surface area contributed by atoms with Crippen molar-refractivity contribution in [1.29, 1.82) is 0 Å². The summed E-state index contributed by atoms with van der Waals surface area (Å²) in [5.41, 5.74) is 2.44. The van der Waals surface area contributed by atoms with Gasteiger partial charge in [0.25, 0.3) is 5.91 Å². The molecule has 1 aromatic heterocycles. The van der Waals surface area contributed by atoms with Crippen LogP contribution in [0.25, 0.3) is 11.4 Å². The number of carbonyl (C=O) groups is 2. The van der Waals surface area contributed by atoms with E-state index in [1.807, 2.05) is 18.2 Å². The SMILES string of the molecule is O=C(OCC(=O)N1CCN(c2ccccc2)CC1)c1ccc(-c2ncc[nH]2)cc1. The summed E-state index contributed by atoms with van der Waals surface area (Å²) in [7, 11) is 0. The molecule has 0 unspecified atom stereocenters. The van der Waals surface area contributed by atoms with Gasteiger partial charge in [0.2, 0.25) is 0 Å². The number of imidazole rings is 1. The number of esters is 1. The van der Waals surface area contributed by atoms with E-state index in [1.165, 1.54) is 0 Å². The highest BCUT2D eigenvalue weighted by Gasteiger charge is 2.22. The summed E-state index contributed by atoms with van der Waals surface area (Å²) >= 11 is 0. The topological polar surface area (TPSA) is 78.5 Å². The van der Waals surface area contributed by atoms with E-state index in [4.69, 9.17) is 4.74 Å². The van der Waals surface area contributed by atoms with Crippen LogP contribution in [-0.2, 0) is 9.53 Å². The molecule has 4 rings (SSSR count). The van der Waals surface area contributed by atoms with Crippen LogP contribution in [0.1, 0.15) is 10.4 Å². The summed E-state index contributed by atoms with van der Waals surface area (Å²) < 4.78 is 5.22. The lowest BCUT2D eigenvalue weighted by molar-refractivity contribution is -0.134. The van der Waals surface area contributed by atoms with Gasteiger partial charge in [0, 0.05) is 49.8 Å². The molecule has 0 saturated carbocycles. The molecule has 1 aliphatic rings. The first-order chi connectivity index (χ1) is 14.2. The second-order valence-electron chi connectivity index (χ2n) is 6.79. The first-order valence-electron chi connectivity index (χ1n) is 9.55. The lowest BCUT2D eigenvalue weighted by atomic mass is 10.1. The number of aromatic nitrogens is 2. The number of ether oxygens (including phenoxy) is 1. The molecule has 0 radical (unpaired) electrons. The van der Waals surface area contributed by atoms with Gasteiger partial charge < -0.3 is 19.5 Å².